The second-order valence-corrected chi connectivity index (χ2v) is 4.96. The molecular weight excluding hydrogens is 324 g/mol. The number of rotatable bonds is 0. The van der Waals surface area contributed by atoms with Crippen LogP contribution in [-0.4, -0.2) is 5.48 Å². The summed E-state index contributed by atoms with van der Waals surface area (Å²) in [5, 5.41) is 0.927. The van der Waals surface area contributed by atoms with Crippen molar-refractivity contribution in [2.75, 3.05) is 0 Å². The summed E-state index contributed by atoms with van der Waals surface area (Å²) in [5.74, 6) is 0. The van der Waals surface area contributed by atoms with Gasteiger partial charge in [0.05, 0.1) is 0 Å². The molecule has 0 spiro atoms. The van der Waals surface area contributed by atoms with E-state index < -0.39 is 0 Å². The monoisotopic (exact) mass is 331 g/mol. The molecule has 45 valence electrons. The van der Waals surface area contributed by atoms with Gasteiger partial charge in [0.25, 0.3) is 0 Å². The first-order chi connectivity index (χ1) is 3.80. The zero-order valence-corrected chi connectivity index (χ0v) is 11.1. The third-order valence-corrected chi connectivity index (χ3v) is 4.59. The number of halogens is 1. The Bertz CT molecular complexity index is 169. The molecule has 0 aliphatic rings. The van der Waals surface area contributed by atoms with Gasteiger partial charge in [0.1, 0.15) is 0 Å². The van der Waals surface area contributed by atoms with Crippen LogP contribution in [0, 0.1) is 0 Å². The van der Waals surface area contributed by atoms with Crippen LogP contribution in [0.2, 0.25) is 5.02 Å². The van der Waals surface area contributed by atoms with E-state index in [1.807, 2.05) is 18.2 Å². The Labute approximate surface area is 75.3 Å². The van der Waals surface area contributed by atoms with Crippen molar-refractivity contribution in [3.63, 3.8) is 0 Å². The van der Waals surface area contributed by atoms with Crippen LogP contribution in [-0.2, 0) is 26.1 Å². The Morgan fingerprint density at radius 2 is 1.78 bits per heavy atom. The van der Waals surface area contributed by atoms with E-state index in [1.54, 1.807) is 0 Å². The molecule has 3 heteroatoms. The van der Waals surface area contributed by atoms with Gasteiger partial charge >= 0.3 is 70.1 Å². The Balaban J connectivity index is 0.000000640. The first-order valence-corrected chi connectivity index (χ1v) is 5.50. The predicted molar refractivity (Wildman–Crippen MR) is 34.7 cm³/mol. The summed E-state index contributed by atoms with van der Waals surface area (Å²) in [6, 6.07) is 7.99. The molecule has 0 atom stereocenters. The molecular formula is C6H6ClHgO. The van der Waals surface area contributed by atoms with Crippen molar-refractivity contribution in [3.05, 3.63) is 29.3 Å². The molecule has 0 saturated heterocycles. The van der Waals surface area contributed by atoms with Crippen LogP contribution >= 0.6 is 11.6 Å². The van der Waals surface area contributed by atoms with Gasteiger partial charge in [-0.05, 0) is 0 Å². The van der Waals surface area contributed by atoms with Crippen LogP contribution in [0.1, 0.15) is 0 Å². The molecule has 0 amide bonds. The zero-order valence-electron chi connectivity index (χ0n) is 4.89. The summed E-state index contributed by atoms with van der Waals surface area (Å²) >= 11 is 6.42. The molecule has 0 radical (unpaired) electrons. The van der Waals surface area contributed by atoms with E-state index in [9.17, 15) is 0 Å². The van der Waals surface area contributed by atoms with E-state index in [1.165, 1.54) is 3.07 Å². The Kier molecular flexibility index (Phi) is 4.45. The van der Waals surface area contributed by atoms with Gasteiger partial charge < -0.3 is 5.48 Å². The summed E-state index contributed by atoms with van der Waals surface area (Å²) in [7, 11) is 0. The molecule has 0 bridgehead atoms. The molecule has 1 aromatic rings. The second-order valence-electron chi connectivity index (χ2n) is 1.59. The molecule has 0 saturated carbocycles. The first-order valence-electron chi connectivity index (χ1n) is 2.37. The fourth-order valence-corrected chi connectivity index (χ4v) is 1.62. The van der Waals surface area contributed by atoms with E-state index in [2.05, 4.69) is 6.07 Å². The maximum Gasteiger partial charge on any atom is -0.412 e. The van der Waals surface area contributed by atoms with Crippen molar-refractivity contribution >= 4 is 14.7 Å². The third kappa shape index (κ3) is 2.65. The van der Waals surface area contributed by atoms with Gasteiger partial charge in [0.15, 0.2) is 0 Å². The first kappa shape index (κ1) is 9.41. The molecule has 0 unspecified atom stereocenters. The third-order valence-electron chi connectivity index (χ3n) is 0.958. The summed E-state index contributed by atoms with van der Waals surface area (Å²) in [6.45, 7) is 0. The van der Waals surface area contributed by atoms with Crippen molar-refractivity contribution in [3.8, 4) is 0 Å². The quantitative estimate of drug-likeness (QED) is 0.627. The molecule has 0 fully saturated rings. The van der Waals surface area contributed by atoms with Crippen molar-refractivity contribution < 1.29 is 31.6 Å². The fourth-order valence-electron chi connectivity index (χ4n) is 0.498. The molecule has 9 heavy (non-hydrogen) atoms. The smallest absolute Gasteiger partial charge is 0.412 e. The summed E-state index contributed by atoms with van der Waals surface area (Å²) < 4.78 is 1.33. The molecule has 1 rings (SSSR count). The molecule has 0 heterocycles. The normalized spacial score (nSPS) is 8.33. The summed E-state index contributed by atoms with van der Waals surface area (Å²) in [4.78, 5) is 0. The number of hydrogen-bond donors (Lipinski definition) is 0. The Hall–Kier alpha value is 0.405. The molecule has 0 aliphatic carbocycles. The van der Waals surface area contributed by atoms with Crippen LogP contribution in [0.15, 0.2) is 24.3 Å². The van der Waals surface area contributed by atoms with E-state index in [-0.39, 0.29) is 5.48 Å². The van der Waals surface area contributed by atoms with E-state index in [0.717, 1.165) is 5.02 Å². The van der Waals surface area contributed by atoms with Gasteiger partial charge in [-0.1, -0.05) is 0 Å². The van der Waals surface area contributed by atoms with Gasteiger partial charge in [0, 0.05) is 0 Å². The second kappa shape index (κ2) is 4.26. The SMILES string of the molecule is Clc1cccc[c]1[Hg].O. The van der Waals surface area contributed by atoms with Gasteiger partial charge in [-0.3, -0.25) is 0 Å². The minimum Gasteiger partial charge on any atom is -0.412 e. The minimum atomic E-state index is 0. The van der Waals surface area contributed by atoms with Crippen LogP contribution in [0.4, 0.5) is 0 Å². The standard InChI is InChI=1S/C6H4Cl.Hg.H2O/c7-6-4-2-1-3-5-6;;/h1-4H;;1H2. The van der Waals surface area contributed by atoms with Crippen LogP contribution in [0.3, 0.4) is 0 Å². The molecule has 1 nitrogen and oxygen atoms in total. The molecule has 2 N–H and O–H groups in total. The predicted octanol–water partition coefficient (Wildman–Crippen LogP) is 0.687. The average molecular weight is 330 g/mol. The van der Waals surface area contributed by atoms with Crippen LogP contribution < -0.4 is 3.07 Å². The van der Waals surface area contributed by atoms with Gasteiger partial charge in [-0.15, -0.1) is 0 Å². The topological polar surface area (TPSA) is 31.5 Å². The maximum atomic E-state index is 5.76. The van der Waals surface area contributed by atoms with Crippen molar-refractivity contribution in [2.45, 2.75) is 0 Å². The van der Waals surface area contributed by atoms with Crippen LogP contribution in [0.25, 0.3) is 0 Å². The average Bonchev–Trinajstić information content (AvgIpc) is 1.77. The van der Waals surface area contributed by atoms with E-state index >= 15 is 0 Å². The number of benzene rings is 1. The maximum absolute atomic E-state index is 5.76. The number of hydrogen-bond acceptors (Lipinski definition) is 0. The van der Waals surface area contributed by atoms with Crippen LogP contribution in [0.5, 0.6) is 0 Å². The van der Waals surface area contributed by atoms with Crippen molar-refractivity contribution in [1.29, 1.82) is 0 Å². The molecule has 1 aromatic carbocycles. The molecule has 0 aromatic heterocycles. The zero-order chi connectivity index (χ0) is 5.98. The minimum absolute atomic E-state index is 0. The van der Waals surface area contributed by atoms with Crippen molar-refractivity contribution in [1.82, 2.24) is 0 Å². The fraction of sp³-hybridized carbons (Fsp3) is 0. The van der Waals surface area contributed by atoms with Gasteiger partial charge in [-0.2, -0.15) is 0 Å². The summed E-state index contributed by atoms with van der Waals surface area (Å²) in [5.41, 5.74) is 0. The Morgan fingerprint density at radius 1 is 1.22 bits per heavy atom. The van der Waals surface area contributed by atoms with E-state index in [4.69, 9.17) is 11.6 Å². The van der Waals surface area contributed by atoms with Gasteiger partial charge in [0.2, 0.25) is 0 Å². The van der Waals surface area contributed by atoms with E-state index in [0.29, 0.717) is 26.1 Å². The van der Waals surface area contributed by atoms with Gasteiger partial charge in [-0.25, -0.2) is 0 Å². The largest absolute Gasteiger partial charge is 0.412 e. The Morgan fingerprint density at radius 3 is 2.11 bits per heavy atom. The molecule has 0 aliphatic heterocycles. The van der Waals surface area contributed by atoms with Crippen molar-refractivity contribution in [2.24, 2.45) is 0 Å². The summed E-state index contributed by atoms with van der Waals surface area (Å²) in [6.07, 6.45) is 0.